The second-order valence-corrected chi connectivity index (χ2v) is 5.73. The predicted octanol–water partition coefficient (Wildman–Crippen LogP) is 3.10. The molecule has 0 bridgehead atoms. The van der Waals surface area contributed by atoms with Crippen LogP contribution < -0.4 is 5.32 Å². The average molecular weight is 193 g/mol. The van der Waals surface area contributed by atoms with Crippen molar-refractivity contribution >= 4 is 0 Å². The molecule has 0 radical (unpaired) electrons. The molecule has 1 spiro atoms. The summed E-state index contributed by atoms with van der Waals surface area (Å²) in [6.07, 6.45) is 13.5. The van der Waals surface area contributed by atoms with E-state index in [1.807, 2.05) is 0 Å². The van der Waals surface area contributed by atoms with Crippen LogP contribution in [0.15, 0.2) is 0 Å². The molecule has 0 aromatic carbocycles. The van der Waals surface area contributed by atoms with Gasteiger partial charge in [0.1, 0.15) is 0 Å². The number of hydrogen-bond acceptors (Lipinski definition) is 1. The van der Waals surface area contributed by atoms with E-state index >= 15 is 0 Å². The highest BCUT2D eigenvalue weighted by Crippen LogP contribution is 2.52. The van der Waals surface area contributed by atoms with Crippen molar-refractivity contribution in [2.75, 3.05) is 6.54 Å². The van der Waals surface area contributed by atoms with E-state index in [9.17, 15) is 0 Å². The fraction of sp³-hybridized carbons (Fsp3) is 1.00. The molecule has 2 aliphatic carbocycles. The molecule has 2 saturated carbocycles. The van der Waals surface area contributed by atoms with Crippen LogP contribution >= 0.6 is 0 Å². The Bertz CT molecular complexity index is 199. The van der Waals surface area contributed by atoms with Crippen molar-refractivity contribution in [3.05, 3.63) is 0 Å². The van der Waals surface area contributed by atoms with Crippen LogP contribution in [0.5, 0.6) is 0 Å². The highest BCUT2D eigenvalue weighted by atomic mass is 15.1. The van der Waals surface area contributed by atoms with Gasteiger partial charge >= 0.3 is 0 Å². The normalized spacial score (nSPS) is 37.3. The van der Waals surface area contributed by atoms with E-state index in [-0.39, 0.29) is 0 Å². The van der Waals surface area contributed by atoms with Crippen molar-refractivity contribution in [3.63, 3.8) is 0 Å². The quantitative estimate of drug-likeness (QED) is 0.631. The van der Waals surface area contributed by atoms with Gasteiger partial charge in [-0.25, -0.2) is 0 Å². The largest absolute Gasteiger partial charge is 0.311 e. The summed E-state index contributed by atoms with van der Waals surface area (Å²) in [5, 5.41) is 3.77. The number of hydrogen-bond donors (Lipinski definition) is 1. The van der Waals surface area contributed by atoms with Crippen molar-refractivity contribution in [3.8, 4) is 0 Å². The van der Waals surface area contributed by atoms with E-state index in [1.165, 1.54) is 64.3 Å². The summed E-state index contributed by atoms with van der Waals surface area (Å²) in [7, 11) is 0. The molecular formula is C13H23N. The molecule has 3 fully saturated rings. The minimum Gasteiger partial charge on any atom is -0.311 e. The number of rotatable bonds is 1. The van der Waals surface area contributed by atoms with Gasteiger partial charge in [-0.15, -0.1) is 0 Å². The van der Waals surface area contributed by atoms with Gasteiger partial charge in [0, 0.05) is 5.54 Å². The summed E-state index contributed by atoms with van der Waals surface area (Å²) in [6, 6.07) is 0. The van der Waals surface area contributed by atoms with Gasteiger partial charge < -0.3 is 5.32 Å². The Labute approximate surface area is 87.7 Å². The van der Waals surface area contributed by atoms with Crippen LogP contribution in [-0.4, -0.2) is 12.1 Å². The van der Waals surface area contributed by atoms with Gasteiger partial charge in [0.25, 0.3) is 0 Å². The average Bonchev–Trinajstić information content (AvgIpc) is 2.89. The lowest BCUT2D eigenvalue weighted by Gasteiger charge is -2.27. The maximum absolute atomic E-state index is 3.77. The molecule has 1 heterocycles. The van der Waals surface area contributed by atoms with E-state index in [0.29, 0.717) is 5.54 Å². The molecule has 1 atom stereocenters. The van der Waals surface area contributed by atoms with Gasteiger partial charge in [0.15, 0.2) is 0 Å². The first kappa shape index (κ1) is 9.21. The summed E-state index contributed by atoms with van der Waals surface area (Å²) in [5.41, 5.74) is 0.662. The van der Waals surface area contributed by atoms with E-state index < -0.39 is 0 Å². The molecule has 0 amide bonds. The van der Waals surface area contributed by atoms with Gasteiger partial charge in [-0.05, 0) is 37.6 Å². The minimum absolute atomic E-state index is 0.662. The van der Waals surface area contributed by atoms with Crippen LogP contribution in [0.2, 0.25) is 0 Å². The molecule has 0 aromatic heterocycles. The lowest BCUT2D eigenvalue weighted by atomic mass is 9.80. The van der Waals surface area contributed by atoms with Crippen LogP contribution in [0.25, 0.3) is 0 Å². The van der Waals surface area contributed by atoms with Gasteiger partial charge in [-0.2, -0.15) is 0 Å². The smallest absolute Gasteiger partial charge is 0.0214 e. The fourth-order valence-electron chi connectivity index (χ4n) is 3.97. The zero-order valence-electron chi connectivity index (χ0n) is 9.23. The van der Waals surface area contributed by atoms with Crippen LogP contribution in [0.3, 0.4) is 0 Å². The lowest BCUT2D eigenvalue weighted by Crippen LogP contribution is -2.33. The summed E-state index contributed by atoms with van der Waals surface area (Å²) in [6.45, 7) is 1.31. The molecule has 3 aliphatic rings. The SMILES string of the molecule is C1CCCC(C2CCNC23CC3)CC1. The second-order valence-electron chi connectivity index (χ2n) is 5.73. The van der Waals surface area contributed by atoms with Crippen molar-refractivity contribution in [2.45, 2.75) is 63.3 Å². The van der Waals surface area contributed by atoms with Crippen molar-refractivity contribution in [2.24, 2.45) is 11.8 Å². The molecule has 80 valence electrons. The molecule has 0 aromatic rings. The minimum atomic E-state index is 0.662. The molecule has 1 heteroatoms. The van der Waals surface area contributed by atoms with E-state index in [4.69, 9.17) is 0 Å². The Morgan fingerprint density at radius 3 is 2.21 bits per heavy atom. The van der Waals surface area contributed by atoms with Crippen LogP contribution in [0.4, 0.5) is 0 Å². The highest BCUT2D eigenvalue weighted by Gasteiger charge is 2.53. The maximum Gasteiger partial charge on any atom is 0.0214 e. The third-order valence-corrected chi connectivity index (χ3v) is 4.90. The molecule has 1 nitrogen and oxygen atoms in total. The monoisotopic (exact) mass is 193 g/mol. The predicted molar refractivity (Wildman–Crippen MR) is 59.3 cm³/mol. The Balaban J connectivity index is 1.67. The van der Waals surface area contributed by atoms with Gasteiger partial charge in [0.05, 0.1) is 0 Å². The van der Waals surface area contributed by atoms with Crippen molar-refractivity contribution in [1.82, 2.24) is 5.32 Å². The van der Waals surface area contributed by atoms with E-state index in [2.05, 4.69) is 5.32 Å². The lowest BCUT2D eigenvalue weighted by molar-refractivity contribution is 0.258. The zero-order valence-corrected chi connectivity index (χ0v) is 9.23. The van der Waals surface area contributed by atoms with Gasteiger partial charge in [-0.3, -0.25) is 0 Å². The standard InChI is InChI=1S/C13H23N/c1-2-4-6-11(5-3-1)12-7-10-14-13(12)8-9-13/h11-12,14H,1-10H2. The Morgan fingerprint density at radius 1 is 0.857 bits per heavy atom. The third-order valence-electron chi connectivity index (χ3n) is 4.90. The van der Waals surface area contributed by atoms with Crippen LogP contribution in [0.1, 0.15) is 57.8 Å². The Kier molecular flexibility index (Phi) is 2.31. The van der Waals surface area contributed by atoms with Crippen molar-refractivity contribution < 1.29 is 0 Å². The molecule has 1 saturated heterocycles. The van der Waals surface area contributed by atoms with Gasteiger partial charge in [-0.1, -0.05) is 38.5 Å². The first-order chi connectivity index (χ1) is 6.91. The number of nitrogens with one attached hydrogen (secondary N) is 1. The summed E-state index contributed by atoms with van der Waals surface area (Å²) in [5.74, 6) is 2.13. The molecule has 1 aliphatic heterocycles. The first-order valence-corrected chi connectivity index (χ1v) is 6.66. The van der Waals surface area contributed by atoms with E-state index in [1.54, 1.807) is 0 Å². The zero-order chi connectivity index (χ0) is 9.43. The van der Waals surface area contributed by atoms with E-state index in [0.717, 1.165) is 11.8 Å². The molecule has 14 heavy (non-hydrogen) atoms. The highest BCUT2D eigenvalue weighted by molar-refractivity contribution is 5.11. The van der Waals surface area contributed by atoms with Crippen LogP contribution in [-0.2, 0) is 0 Å². The molecular weight excluding hydrogens is 170 g/mol. The Hall–Kier alpha value is -0.0400. The van der Waals surface area contributed by atoms with Crippen LogP contribution in [0, 0.1) is 11.8 Å². The third kappa shape index (κ3) is 1.50. The fourth-order valence-corrected chi connectivity index (χ4v) is 3.97. The summed E-state index contributed by atoms with van der Waals surface area (Å²) >= 11 is 0. The topological polar surface area (TPSA) is 12.0 Å². The molecule has 3 rings (SSSR count). The summed E-state index contributed by atoms with van der Waals surface area (Å²) in [4.78, 5) is 0. The Morgan fingerprint density at radius 2 is 1.57 bits per heavy atom. The first-order valence-electron chi connectivity index (χ1n) is 6.66. The molecule has 1 N–H and O–H groups in total. The summed E-state index contributed by atoms with van der Waals surface area (Å²) < 4.78 is 0. The van der Waals surface area contributed by atoms with Gasteiger partial charge in [0.2, 0.25) is 0 Å². The molecule has 1 unspecified atom stereocenters. The second kappa shape index (κ2) is 3.52. The maximum atomic E-state index is 3.77. The van der Waals surface area contributed by atoms with Crippen molar-refractivity contribution in [1.29, 1.82) is 0 Å².